The maximum absolute atomic E-state index is 12.7. The van der Waals surface area contributed by atoms with E-state index in [0.29, 0.717) is 0 Å². The van der Waals surface area contributed by atoms with Gasteiger partial charge in [-0.25, -0.2) is 4.39 Å². The van der Waals surface area contributed by atoms with E-state index in [1.807, 2.05) is 6.07 Å². The molecule has 66 valence electrons. The Morgan fingerprint density at radius 3 is 2.42 bits per heavy atom. The highest BCUT2D eigenvalue weighted by atomic mass is 19.1. The van der Waals surface area contributed by atoms with Crippen molar-refractivity contribution in [1.29, 1.82) is 0 Å². The predicted molar refractivity (Wildman–Crippen MR) is 48.1 cm³/mol. The highest BCUT2D eigenvalue weighted by Gasteiger charge is 2.08. The quantitative estimate of drug-likeness (QED) is 0.593. The van der Waals surface area contributed by atoms with Crippen LogP contribution < -0.4 is 0 Å². The Morgan fingerprint density at radius 2 is 1.92 bits per heavy atom. The van der Waals surface area contributed by atoms with Gasteiger partial charge < -0.3 is 4.48 Å². The minimum Gasteiger partial charge on any atom is -0.327 e. The Labute approximate surface area is 73.0 Å². The molecular formula is C10H15FN+. The van der Waals surface area contributed by atoms with E-state index >= 15 is 0 Å². The molecule has 0 unspecified atom stereocenters. The van der Waals surface area contributed by atoms with E-state index < -0.39 is 0 Å². The lowest BCUT2D eigenvalue weighted by molar-refractivity contribution is -0.884. The molecule has 0 amide bonds. The van der Waals surface area contributed by atoms with Gasteiger partial charge >= 0.3 is 0 Å². The molecule has 2 heteroatoms. The van der Waals surface area contributed by atoms with Gasteiger partial charge in [-0.3, -0.25) is 0 Å². The van der Waals surface area contributed by atoms with E-state index in [4.69, 9.17) is 0 Å². The third kappa shape index (κ3) is 3.01. The standard InChI is InChI=1S/C10H15FN/c1-12(2,3)8-9-5-4-6-10(11)7-9/h4-7H,8H2,1-3H3/q+1. The summed E-state index contributed by atoms with van der Waals surface area (Å²) in [7, 11) is 6.26. The summed E-state index contributed by atoms with van der Waals surface area (Å²) in [6, 6.07) is 6.76. The molecule has 0 bridgehead atoms. The van der Waals surface area contributed by atoms with Crippen molar-refractivity contribution < 1.29 is 8.87 Å². The number of halogens is 1. The van der Waals surface area contributed by atoms with Crippen molar-refractivity contribution in [3.63, 3.8) is 0 Å². The molecule has 0 spiro atoms. The Morgan fingerprint density at radius 1 is 1.25 bits per heavy atom. The summed E-state index contributed by atoms with van der Waals surface area (Å²) < 4.78 is 13.6. The highest BCUT2D eigenvalue weighted by molar-refractivity contribution is 5.15. The lowest BCUT2D eigenvalue weighted by Gasteiger charge is -2.23. The Hall–Kier alpha value is -0.890. The topological polar surface area (TPSA) is 0 Å². The molecule has 1 nitrogen and oxygen atoms in total. The van der Waals surface area contributed by atoms with Crippen LogP contribution in [-0.2, 0) is 6.54 Å². The molecule has 0 saturated carbocycles. The van der Waals surface area contributed by atoms with Gasteiger partial charge in [0.1, 0.15) is 12.4 Å². The lowest BCUT2D eigenvalue weighted by Crippen LogP contribution is -2.33. The van der Waals surface area contributed by atoms with Gasteiger partial charge in [0.2, 0.25) is 0 Å². The fraction of sp³-hybridized carbons (Fsp3) is 0.400. The minimum atomic E-state index is -0.152. The van der Waals surface area contributed by atoms with E-state index in [1.165, 1.54) is 6.07 Å². The number of benzene rings is 1. The van der Waals surface area contributed by atoms with Gasteiger partial charge in [-0.15, -0.1) is 0 Å². The number of hydrogen-bond donors (Lipinski definition) is 0. The first-order valence-corrected chi connectivity index (χ1v) is 4.02. The van der Waals surface area contributed by atoms with Crippen molar-refractivity contribution in [3.8, 4) is 0 Å². The first-order chi connectivity index (χ1) is 5.47. The molecule has 0 saturated heterocycles. The monoisotopic (exact) mass is 168 g/mol. The molecule has 0 aromatic heterocycles. The second-order valence-corrected chi connectivity index (χ2v) is 4.08. The highest BCUT2D eigenvalue weighted by Crippen LogP contribution is 2.08. The van der Waals surface area contributed by atoms with Gasteiger partial charge in [0.05, 0.1) is 21.1 Å². The molecule has 0 N–H and O–H groups in total. The third-order valence-corrected chi connectivity index (χ3v) is 1.55. The summed E-state index contributed by atoms with van der Waals surface area (Å²) in [4.78, 5) is 0. The zero-order valence-corrected chi connectivity index (χ0v) is 7.84. The maximum atomic E-state index is 12.7. The van der Waals surface area contributed by atoms with Gasteiger partial charge in [0.15, 0.2) is 0 Å². The number of rotatable bonds is 2. The normalized spacial score (nSPS) is 11.7. The van der Waals surface area contributed by atoms with Crippen molar-refractivity contribution in [1.82, 2.24) is 0 Å². The predicted octanol–water partition coefficient (Wildman–Crippen LogP) is 2.03. The van der Waals surface area contributed by atoms with Gasteiger partial charge in [-0.2, -0.15) is 0 Å². The summed E-state index contributed by atoms with van der Waals surface area (Å²) in [5.41, 5.74) is 1.04. The zero-order chi connectivity index (χ0) is 9.19. The number of quaternary nitrogens is 1. The van der Waals surface area contributed by atoms with E-state index in [-0.39, 0.29) is 5.82 Å². The number of hydrogen-bond acceptors (Lipinski definition) is 0. The van der Waals surface area contributed by atoms with Crippen LogP contribution >= 0.6 is 0 Å². The summed E-state index contributed by atoms with van der Waals surface area (Å²) in [6.07, 6.45) is 0. The van der Waals surface area contributed by atoms with Crippen LogP contribution in [0.2, 0.25) is 0 Å². The zero-order valence-electron chi connectivity index (χ0n) is 7.84. The summed E-state index contributed by atoms with van der Waals surface area (Å²) >= 11 is 0. The molecule has 1 aromatic carbocycles. The van der Waals surface area contributed by atoms with Crippen LogP contribution in [0.5, 0.6) is 0 Å². The summed E-state index contributed by atoms with van der Waals surface area (Å²) in [5, 5.41) is 0. The van der Waals surface area contributed by atoms with Crippen LogP contribution in [0.3, 0.4) is 0 Å². The van der Waals surface area contributed by atoms with Crippen LogP contribution in [0.15, 0.2) is 24.3 Å². The fourth-order valence-corrected chi connectivity index (χ4v) is 1.18. The van der Waals surface area contributed by atoms with Gasteiger partial charge in [0, 0.05) is 5.56 Å². The first-order valence-electron chi connectivity index (χ1n) is 4.02. The molecule has 0 fully saturated rings. The molecule has 0 aliphatic heterocycles. The van der Waals surface area contributed by atoms with Crippen molar-refractivity contribution >= 4 is 0 Å². The first kappa shape index (κ1) is 9.20. The molecule has 0 atom stereocenters. The van der Waals surface area contributed by atoms with Crippen LogP contribution in [0.4, 0.5) is 4.39 Å². The second kappa shape index (κ2) is 3.23. The van der Waals surface area contributed by atoms with Gasteiger partial charge in [0.25, 0.3) is 0 Å². The average Bonchev–Trinajstić information content (AvgIpc) is 1.82. The van der Waals surface area contributed by atoms with Gasteiger partial charge in [-0.1, -0.05) is 12.1 Å². The minimum absolute atomic E-state index is 0.152. The van der Waals surface area contributed by atoms with E-state index in [9.17, 15) is 4.39 Å². The maximum Gasteiger partial charge on any atom is 0.123 e. The van der Waals surface area contributed by atoms with Crippen molar-refractivity contribution in [2.45, 2.75) is 6.54 Å². The Balaban J connectivity index is 2.77. The summed E-state index contributed by atoms with van der Waals surface area (Å²) in [5.74, 6) is -0.152. The average molecular weight is 168 g/mol. The summed E-state index contributed by atoms with van der Waals surface area (Å²) in [6.45, 7) is 0.859. The Bertz CT molecular complexity index is 263. The molecule has 1 aromatic rings. The molecular weight excluding hydrogens is 153 g/mol. The second-order valence-electron chi connectivity index (χ2n) is 4.08. The smallest absolute Gasteiger partial charge is 0.123 e. The molecule has 0 heterocycles. The molecule has 0 radical (unpaired) electrons. The van der Waals surface area contributed by atoms with Crippen LogP contribution in [0.25, 0.3) is 0 Å². The van der Waals surface area contributed by atoms with Crippen LogP contribution in [0.1, 0.15) is 5.56 Å². The van der Waals surface area contributed by atoms with E-state index in [2.05, 4.69) is 21.1 Å². The fourth-order valence-electron chi connectivity index (χ4n) is 1.18. The van der Waals surface area contributed by atoms with Crippen LogP contribution in [0, 0.1) is 5.82 Å². The SMILES string of the molecule is C[N+](C)(C)Cc1cccc(F)c1. The van der Waals surface area contributed by atoms with Crippen molar-refractivity contribution in [2.75, 3.05) is 21.1 Å². The van der Waals surface area contributed by atoms with Crippen molar-refractivity contribution in [2.24, 2.45) is 0 Å². The Kier molecular flexibility index (Phi) is 2.48. The molecule has 12 heavy (non-hydrogen) atoms. The molecule has 0 aliphatic carbocycles. The van der Waals surface area contributed by atoms with Gasteiger partial charge in [-0.05, 0) is 12.1 Å². The van der Waals surface area contributed by atoms with Crippen LogP contribution in [-0.4, -0.2) is 25.6 Å². The largest absolute Gasteiger partial charge is 0.327 e. The van der Waals surface area contributed by atoms with E-state index in [1.54, 1.807) is 12.1 Å². The molecule has 1 rings (SSSR count). The lowest BCUT2D eigenvalue weighted by atomic mass is 10.2. The number of nitrogens with zero attached hydrogens (tertiary/aromatic N) is 1. The third-order valence-electron chi connectivity index (χ3n) is 1.55. The molecule has 0 aliphatic rings. The van der Waals surface area contributed by atoms with E-state index in [0.717, 1.165) is 16.6 Å². The van der Waals surface area contributed by atoms with Crippen molar-refractivity contribution in [3.05, 3.63) is 35.6 Å².